The zero-order valence-electron chi connectivity index (χ0n) is 10.5. The van der Waals surface area contributed by atoms with Gasteiger partial charge in [0.25, 0.3) is 0 Å². The molecule has 2 aliphatic rings. The van der Waals surface area contributed by atoms with Gasteiger partial charge in [-0.1, -0.05) is 13.3 Å². The number of rotatable bonds is 5. The summed E-state index contributed by atoms with van der Waals surface area (Å²) in [5, 5.41) is 3.50. The van der Waals surface area contributed by atoms with Crippen LogP contribution in [0.2, 0.25) is 0 Å². The van der Waals surface area contributed by atoms with E-state index in [-0.39, 0.29) is 0 Å². The molecule has 0 atom stereocenters. The fraction of sp³-hybridized carbons (Fsp3) is 0.714. The minimum Gasteiger partial charge on any atom is -0.361 e. The minimum atomic E-state index is 1.01. The highest BCUT2D eigenvalue weighted by atomic mass is 15.2. The normalized spacial score (nSPS) is 20.2. The molecule has 0 radical (unpaired) electrons. The summed E-state index contributed by atoms with van der Waals surface area (Å²) in [5.74, 6) is 0. The first kappa shape index (κ1) is 11.7. The third-order valence-corrected chi connectivity index (χ3v) is 3.53. The maximum atomic E-state index is 3.50. The zero-order valence-corrected chi connectivity index (χ0v) is 10.5. The Morgan fingerprint density at radius 3 is 3.06 bits per heavy atom. The number of hydrogen-bond acceptors (Lipinski definition) is 2. The highest BCUT2D eigenvalue weighted by molar-refractivity contribution is 5.31. The molecule has 90 valence electrons. The second-order valence-electron chi connectivity index (χ2n) is 4.91. The molecular formula is C14H24N2. The summed E-state index contributed by atoms with van der Waals surface area (Å²) >= 11 is 0. The number of nitrogens with zero attached hydrogens (tertiary/aromatic N) is 1. The van der Waals surface area contributed by atoms with Crippen molar-refractivity contribution in [2.45, 2.75) is 45.4 Å². The summed E-state index contributed by atoms with van der Waals surface area (Å²) in [6, 6.07) is 0. The van der Waals surface area contributed by atoms with E-state index < -0.39 is 0 Å². The van der Waals surface area contributed by atoms with Crippen LogP contribution in [-0.4, -0.2) is 24.7 Å². The lowest BCUT2D eigenvalue weighted by molar-refractivity contribution is 0.353. The van der Waals surface area contributed by atoms with Gasteiger partial charge >= 0.3 is 0 Å². The van der Waals surface area contributed by atoms with E-state index in [1.165, 1.54) is 38.5 Å². The molecule has 0 aromatic rings. The summed E-state index contributed by atoms with van der Waals surface area (Å²) in [7, 11) is 0. The lowest BCUT2D eigenvalue weighted by Gasteiger charge is -2.30. The Morgan fingerprint density at radius 1 is 1.31 bits per heavy atom. The van der Waals surface area contributed by atoms with Gasteiger partial charge in [0.1, 0.15) is 0 Å². The van der Waals surface area contributed by atoms with Crippen LogP contribution in [0, 0.1) is 0 Å². The largest absolute Gasteiger partial charge is 0.361 e. The van der Waals surface area contributed by atoms with Crippen LogP contribution < -0.4 is 5.32 Å². The molecule has 2 rings (SSSR count). The molecule has 0 amide bonds. The maximum absolute atomic E-state index is 3.50. The van der Waals surface area contributed by atoms with Gasteiger partial charge in [-0.25, -0.2) is 0 Å². The Labute approximate surface area is 99.4 Å². The fourth-order valence-electron chi connectivity index (χ4n) is 2.50. The van der Waals surface area contributed by atoms with Crippen molar-refractivity contribution < 1.29 is 0 Å². The van der Waals surface area contributed by atoms with Crippen molar-refractivity contribution in [3.8, 4) is 0 Å². The quantitative estimate of drug-likeness (QED) is 0.716. The summed E-state index contributed by atoms with van der Waals surface area (Å²) in [6.07, 6.45) is 12.6. The molecule has 0 saturated heterocycles. The highest BCUT2D eigenvalue weighted by Crippen LogP contribution is 2.28. The average Bonchev–Trinajstić information content (AvgIpc) is 2.34. The SMILES string of the molecule is CCCCNCN1C=CC2=C(CCCC2)C1. The predicted molar refractivity (Wildman–Crippen MR) is 69.1 cm³/mol. The molecule has 0 aromatic heterocycles. The first-order chi connectivity index (χ1) is 7.90. The molecule has 0 fully saturated rings. The first-order valence-corrected chi connectivity index (χ1v) is 6.74. The fourth-order valence-corrected chi connectivity index (χ4v) is 2.50. The van der Waals surface area contributed by atoms with Crippen LogP contribution in [0.1, 0.15) is 45.4 Å². The molecular weight excluding hydrogens is 196 g/mol. The summed E-state index contributed by atoms with van der Waals surface area (Å²) in [4.78, 5) is 2.40. The molecule has 2 heteroatoms. The van der Waals surface area contributed by atoms with E-state index in [9.17, 15) is 0 Å². The number of hydrogen-bond donors (Lipinski definition) is 1. The summed E-state index contributed by atoms with van der Waals surface area (Å²) in [6.45, 7) is 5.55. The van der Waals surface area contributed by atoms with Crippen molar-refractivity contribution in [3.63, 3.8) is 0 Å². The molecule has 1 aliphatic heterocycles. The van der Waals surface area contributed by atoms with Crippen LogP contribution >= 0.6 is 0 Å². The van der Waals surface area contributed by atoms with Gasteiger partial charge in [0.2, 0.25) is 0 Å². The maximum Gasteiger partial charge on any atom is 0.0680 e. The van der Waals surface area contributed by atoms with Crippen molar-refractivity contribution >= 4 is 0 Å². The smallest absolute Gasteiger partial charge is 0.0680 e. The van der Waals surface area contributed by atoms with E-state index >= 15 is 0 Å². The second-order valence-corrected chi connectivity index (χ2v) is 4.91. The van der Waals surface area contributed by atoms with Gasteiger partial charge in [-0.15, -0.1) is 0 Å². The van der Waals surface area contributed by atoms with Crippen LogP contribution in [0.4, 0.5) is 0 Å². The molecule has 2 nitrogen and oxygen atoms in total. The molecule has 1 N–H and O–H groups in total. The van der Waals surface area contributed by atoms with Gasteiger partial charge in [-0.3, -0.25) is 5.32 Å². The predicted octanol–water partition coefficient (Wildman–Crippen LogP) is 3.03. The summed E-state index contributed by atoms with van der Waals surface area (Å²) < 4.78 is 0. The second kappa shape index (κ2) is 6.09. The van der Waals surface area contributed by atoms with E-state index in [0.717, 1.165) is 19.8 Å². The molecule has 0 bridgehead atoms. The number of nitrogens with one attached hydrogen (secondary N) is 1. The van der Waals surface area contributed by atoms with Crippen molar-refractivity contribution in [2.75, 3.05) is 19.8 Å². The van der Waals surface area contributed by atoms with Crippen molar-refractivity contribution in [3.05, 3.63) is 23.4 Å². The molecule has 16 heavy (non-hydrogen) atoms. The van der Waals surface area contributed by atoms with Crippen LogP contribution in [0.3, 0.4) is 0 Å². The molecule has 0 saturated carbocycles. The minimum absolute atomic E-state index is 1.01. The monoisotopic (exact) mass is 220 g/mol. The third-order valence-electron chi connectivity index (χ3n) is 3.53. The zero-order chi connectivity index (χ0) is 11.2. The van der Waals surface area contributed by atoms with Crippen molar-refractivity contribution in [1.29, 1.82) is 0 Å². The molecule has 0 unspecified atom stereocenters. The van der Waals surface area contributed by atoms with E-state index in [2.05, 4.69) is 29.4 Å². The standard InChI is InChI=1S/C14H24N2/c1-2-3-9-15-12-16-10-8-13-6-4-5-7-14(13)11-16/h8,10,15H,2-7,9,11-12H2,1H3. The van der Waals surface area contributed by atoms with Gasteiger partial charge < -0.3 is 4.90 Å². The Balaban J connectivity index is 1.75. The van der Waals surface area contributed by atoms with Crippen LogP contribution in [0.25, 0.3) is 0 Å². The molecule has 0 aromatic carbocycles. The highest BCUT2D eigenvalue weighted by Gasteiger charge is 2.16. The molecule has 0 spiro atoms. The molecule has 1 aliphatic carbocycles. The van der Waals surface area contributed by atoms with Crippen LogP contribution in [0.5, 0.6) is 0 Å². The average molecular weight is 220 g/mol. The van der Waals surface area contributed by atoms with Gasteiger partial charge in [0, 0.05) is 12.7 Å². The third kappa shape index (κ3) is 3.11. The topological polar surface area (TPSA) is 15.3 Å². The Morgan fingerprint density at radius 2 is 2.19 bits per heavy atom. The van der Waals surface area contributed by atoms with E-state index in [0.29, 0.717) is 0 Å². The van der Waals surface area contributed by atoms with Crippen molar-refractivity contribution in [2.24, 2.45) is 0 Å². The van der Waals surface area contributed by atoms with Gasteiger partial charge in [-0.2, -0.15) is 0 Å². The lowest BCUT2D eigenvalue weighted by Crippen LogP contribution is -2.34. The van der Waals surface area contributed by atoms with E-state index in [1.807, 2.05) is 0 Å². The first-order valence-electron chi connectivity index (χ1n) is 6.74. The Bertz CT molecular complexity index is 278. The Hall–Kier alpha value is -0.760. The van der Waals surface area contributed by atoms with Gasteiger partial charge in [0.15, 0.2) is 0 Å². The van der Waals surface area contributed by atoms with Gasteiger partial charge in [0.05, 0.1) is 6.67 Å². The lowest BCUT2D eigenvalue weighted by atomic mass is 9.90. The molecule has 1 heterocycles. The van der Waals surface area contributed by atoms with E-state index in [1.54, 1.807) is 11.1 Å². The van der Waals surface area contributed by atoms with Crippen molar-refractivity contribution in [1.82, 2.24) is 10.2 Å². The van der Waals surface area contributed by atoms with E-state index in [4.69, 9.17) is 0 Å². The Kier molecular flexibility index (Phi) is 4.46. The van der Waals surface area contributed by atoms with Crippen LogP contribution in [-0.2, 0) is 0 Å². The van der Waals surface area contributed by atoms with Gasteiger partial charge in [-0.05, 0) is 55.9 Å². The number of allylic oxidation sites excluding steroid dienone is 2. The van der Waals surface area contributed by atoms with Crippen LogP contribution in [0.15, 0.2) is 23.4 Å². The summed E-state index contributed by atoms with van der Waals surface area (Å²) in [5.41, 5.74) is 3.31. The number of unbranched alkanes of at least 4 members (excludes halogenated alkanes) is 1.